The highest BCUT2D eigenvalue weighted by atomic mass is 35.5. The van der Waals surface area contributed by atoms with Gasteiger partial charge in [-0.1, -0.05) is 11.6 Å². The minimum Gasteiger partial charge on any atom is -0.450 e. The van der Waals surface area contributed by atoms with Crippen molar-refractivity contribution in [1.82, 2.24) is 4.90 Å². The van der Waals surface area contributed by atoms with Crippen molar-refractivity contribution >= 4 is 40.4 Å². The van der Waals surface area contributed by atoms with Gasteiger partial charge in [-0.3, -0.25) is 9.59 Å². The lowest BCUT2D eigenvalue weighted by molar-refractivity contribution is -0.143. The molecular formula is C18H19ClN2O5. The van der Waals surface area contributed by atoms with Crippen LogP contribution in [-0.2, 0) is 14.3 Å². The SMILES string of the molecule is Cc1c(C(=O)OCC(=O)N2CCCC[C@@H]2C(N)=O)oc2ccc(Cl)cc12. The van der Waals surface area contributed by atoms with Gasteiger partial charge in [-0.05, 0) is 44.4 Å². The van der Waals surface area contributed by atoms with E-state index in [0.29, 0.717) is 34.5 Å². The molecule has 0 aliphatic carbocycles. The molecule has 8 heteroatoms. The number of fused-ring (bicyclic) bond motifs is 1. The number of furan rings is 1. The summed E-state index contributed by atoms with van der Waals surface area (Å²) in [6, 6.07) is 4.37. The molecule has 26 heavy (non-hydrogen) atoms. The van der Waals surface area contributed by atoms with Crippen molar-refractivity contribution in [2.24, 2.45) is 5.73 Å². The van der Waals surface area contributed by atoms with Crippen molar-refractivity contribution in [2.75, 3.05) is 13.2 Å². The first-order chi connectivity index (χ1) is 12.4. The summed E-state index contributed by atoms with van der Waals surface area (Å²) < 4.78 is 10.6. The highest BCUT2D eigenvalue weighted by molar-refractivity contribution is 6.31. The summed E-state index contributed by atoms with van der Waals surface area (Å²) in [6.07, 6.45) is 2.14. The second-order valence-electron chi connectivity index (χ2n) is 6.27. The Kier molecular flexibility index (Phi) is 5.18. The van der Waals surface area contributed by atoms with Crippen molar-refractivity contribution < 1.29 is 23.5 Å². The number of esters is 1. The molecule has 2 heterocycles. The lowest BCUT2D eigenvalue weighted by Gasteiger charge is -2.33. The van der Waals surface area contributed by atoms with E-state index >= 15 is 0 Å². The second-order valence-corrected chi connectivity index (χ2v) is 6.71. The average Bonchev–Trinajstić information content (AvgIpc) is 2.95. The molecule has 1 atom stereocenters. The Labute approximate surface area is 155 Å². The minimum atomic E-state index is -0.740. The van der Waals surface area contributed by atoms with Gasteiger partial charge in [0.05, 0.1) is 0 Å². The fraction of sp³-hybridized carbons (Fsp3) is 0.389. The first-order valence-corrected chi connectivity index (χ1v) is 8.71. The molecule has 1 aromatic heterocycles. The van der Waals surface area contributed by atoms with Crippen LogP contribution in [0.5, 0.6) is 0 Å². The molecule has 1 fully saturated rings. The fourth-order valence-electron chi connectivity index (χ4n) is 3.19. The number of ether oxygens (including phenoxy) is 1. The summed E-state index contributed by atoms with van der Waals surface area (Å²) in [4.78, 5) is 37.5. The van der Waals surface area contributed by atoms with Crippen LogP contribution in [0, 0.1) is 6.92 Å². The van der Waals surface area contributed by atoms with Crippen LogP contribution in [0.4, 0.5) is 0 Å². The van der Waals surface area contributed by atoms with Gasteiger partial charge < -0.3 is 19.8 Å². The predicted octanol–water partition coefficient (Wildman–Crippen LogP) is 2.42. The van der Waals surface area contributed by atoms with Gasteiger partial charge in [0.2, 0.25) is 11.7 Å². The number of rotatable bonds is 4. The van der Waals surface area contributed by atoms with Crippen LogP contribution in [0.2, 0.25) is 5.02 Å². The van der Waals surface area contributed by atoms with Gasteiger partial charge in [-0.15, -0.1) is 0 Å². The van der Waals surface area contributed by atoms with E-state index in [4.69, 9.17) is 26.5 Å². The Hall–Kier alpha value is -2.54. The Morgan fingerprint density at radius 2 is 2.12 bits per heavy atom. The minimum absolute atomic E-state index is 0.0279. The lowest BCUT2D eigenvalue weighted by atomic mass is 10.0. The summed E-state index contributed by atoms with van der Waals surface area (Å²) >= 11 is 5.96. The molecule has 138 valence electrons. The predicted molar refractivity (Wildman–Crippen MR) is 94.8 cm³/mol. The Morgan fingerprint density at radius 3 is 2.85 bits per heavy atom. The number of hydrogen-bond acceptors (Lipinski definition) is 5. The van der Waals surface area contributed by atoms with E-state index in [2.05, 4.69) is 0 Å². The van der Waals surface area contributed by atoms with Crippen LogP contribution >= 0.6 is 11.6 Å². The van der Waals surface area contributed by atoms with Gasteiger partial charge in [0.1, 0.15) is 11.6 Å². The summed E-state index contributed by atoms with van der Waals surface area (Å²) in [6.45, 7) is 1.67. The van der Waals surface area contributed by atoms with E-state index in [1.807, 2.05) is 0 Å². The van der Waals surface area contributed by atoms with Crippen LogP contribution in [0.25, 0.3) is 11.0 Å². The Morgan fingerprint density at radius 1 is 1.35 bits per heavy atom. The van der Waals surface area contributed by atoms with Crippen LogP contribution in [-0.4, -0.2) is 41.9 Å². The molecule has 1 aliphatic heterocycles. The molecule has 1 aliphatic rings. The number of piperidine rings is 1. The molecular weight excluding hydrogens is 360 g/mol. The number of hydrogen-bond donors (Lipinski definition) is 1. The molecule has 7 nitrogen and oxygen atoms in total. The number of nitrogens with two attached hydrogens (primary N) is 1. The van der Waals surface area contributed by atoms with Crippen LogP contribution in [0.3, 0.4) is 0 Å². The molecule has 1 saturated heterocycles. The van der Waals surface area contributed by atoms with Crippen LogP contribution < -0.4 is 5.73 Å². The van der Waals surface area contributed by atoms with Crippen molar-refractivity contribution in [3.8, 4) is 0 Å². The van der Waals surface area contributed by atoms with Gasteiger partial charge in [-0.25, -0.2) is 4.79 Å². The standard InChI is InChI=1S/C18H19ClN2O5/c1-10-12-8-11(19)5-6-14(12)26-16(10)18(24)25-9-15(22)21-7-3-2-4-13(21)17(20)23/h5-6,8,13H,2-4,7,9H2,1H3,(H2,20,23)/t13-/m1/s1. The van der Waals surface area contributed by atoms with Gasteiger partial charge in [0.15, 0.2) is 6.61 Å². The number of benzene rings is 1. The normalized spacial score (nSPS) is 17.3. The van der Waals surface area contributed by atoms with Crippen molar-refractivity contribution in [2.45, 2.75) is 32.2 Å². The number of primary amides is 1. The summed E-state index contributed by atoms with van der Waals surface area (Å²) in [5.41, 5.74) is 6.45. The molecule has 3 rings (SSSR count). The molecule has 2 aromatic rings. The maximum atomic E-state index is 12.3. The molecule has 0 spiro atoms. The molecule has 1 aromatic carbocycles. The third kappa shape index (κ3) is 3.53. The maximum absolute atomic E-state index is 12.3. The Bertz CT molecular complexity index is 876. The number of aryl methyl sites for hydroxylation is 1. The van der Waals surface area contributed by atoms with Gasteiger partial charge in [-0.2, -0.15) is 0 Å². The Balaban J connectivity index is 1.69. The highest BCUT2D eigenvalue weighted by Crippen LogP contribution is 2.28. The molecule has 0 radical (unpaired) electrons. The topological polar surface area (TPSA) is 103 Å². The summed E-state index contributed by atoms with van der Waals surface area (Å²) in [5.74, 6) is -1.70. The van der Waals surface area contributed by atoms with E-state index in [9.17, 15) is 14.4 Å². The molecule has 2 N–H and O–H groups in total. The highest BCUT2D eigenvalue weighted by Gasteiger charge is 2.31. The first-order valence-electron chi connectivity index (χ1n) is 8.33. The number of amides is 2. The first kappa shape index (κ1) is 18.3. The number of likely N-dealkylation sites (tertiary alicyclic amines) is 1. The zero-order valence-corrected chi connectivity index (χ0v) is 15.0. The van der Waals surface area contributed by atoms with Crippen LogP contribution in [0.15, 0.2) is 22.6 Å². The molecule has 0 saturated carbocycles. The maximum Gasteiger partial charge on any atom is 0.375 e. The van der Waals surface area contributed by atoms with E-state index in [-0.39, 0.29) is 5.76 Å². The van der Waals surface area contributed by atoms with Crippen LogP contribution in [0.1, 0.15) is 35.4 Å². The van der Waals surface area contributed by atoms with Gasteiger partial charge >= 0.3 is 5.97 Å². The number of halogens is 1. The summed E-state index contributed by atoms with van der Waals surface area (Å²) in [7, 11) is 0. The third-order valence-corrected chi connectivity index (χ3v) is 4.80. The van der Waals surface area contributed by atoms with Gasteiger partial charge in [0, 0.05) is 22.5 Å². The average molecular weight is 379 g/mol. The van der Waals surface area contributed by atoms with Crippen molar-refractivity contribution in [3.63, 3.8) is 0 Å². The largest absolute Gasteiger partial charge is 0.450 e. The smallest absolute Gasteiger partial charge is 0.375 e. The fourth-order valence-corrected chi connectivity index (χ4v) is 3.36. The quantitative estimate of drug-likeness (QED) is 0.823. The van der Waals surface area contributed by atoms with E-state index < -0.39 is 30.4 Å². The number of carbonyl (C=O) groups excluding carboxylic acids is 3. The van der Waals surface area contributed by atoms with Gasteiger partial charge in [0.25, 0.3) is 5.91 Å². The summed E-state index contributed by atoms with van der Waals surface area (Å²) in [5, 5.41) is 1.24. The monoisotopic (exact) mass is 378 g/mol. The van der Waals surface area contributed by atoms with Crippen molar-refractivity contribution in [1.29, 1.82) is 0 Å². The van der Waals surface area contributed by atoms with E-state index in [1.54, 1.807) is 25.1 Å². The number of nitrogens with zero attached hydrogens (tertiary/aromatic N) is 1. The zero-order valence-electron chi connectivity index (χ0n) is 14.3. The van der Waals surface area contributed by atoms with E-state index in [1.165, 1.54) is 4.90 Å². The molecule has 0 bridgehead atoms. The zero-order chi connectivity index (χ0) is 18.8. The van der Waals surface area contributed by atoms with E-state index in [0.717, 1.165) is 12.8 Å². The lowest BCUT2D eigenvalue weighted by Crippen LogP contribution is -2.51. The van der Waals surface area contributed by atoms with Crippen molar-refractivity contribution in [3.05, 3.63) is 34.5 Å². The second kappa shape index (κ2) is 7.37. The molecule has 0 unspecified atom stereocenters. The third-order valence-electron chi connectivity index (χ3n) is 4.56. The number of carbonyl (C=O) groups is 3. The molecule has 2 amide bonds.